The summed E-state index contributed by atoms with van der Waals surface area (Å²) in [6.07, 6.45) is 0. The van der Waals surface area contributed by atoms with E-state index in [0.717, 1.165) is 0 Å². The number of halogens is 1. The van der Waals surface area contributed by atoms with Crippen molar-refractivity contribution in [2.24, 2.45) is 5.92 Å². The molecule has 5 nitrogen and oxygen atoms in total. The van der Waals surface area contributed by atoms with Crippen molar-refractivity contribution in [2.75, 3.05) is 6.61 Å². The maximum Gasteiger partial charge on any atom is 0.339 e. The lowest BCUT2D eigenvalue weighted by molar-refractivity contribution is -0.125. The molecule has 1 amide bonds. The first-order chi connectivity index (χ1) is 12.8. The molecule has 2 aromatic rings. The van der Waals surface area contributed by atoms with E-state index in [1.165, 1.54) is 6.07 Å². The van der Waals surface area contributed by atoms with Gasteiger partial charge in [-0.2, -0.15) is 0 Å². The molecule has 1 atom stereocenters. The first-order valence-electron chi connectivity index (χ1n) is 8.65. The number of carbonyl (C=O) groups is 3. The predicted octanol–water partition coefficient (Wildman–Crippen LogP) is 3.89. The fourth-order valence-corrected chi connectivity index (χ4v) is 2.41. The van der Waals surface area contributed by atoms with Gasteiger partial charge in [0.2, 0.25) is 0 Å². The molecule has 2 rings (SSSR count). The van der Waals surface area contributed by atoms with Gasteiger partial charge in [0.15, 0.2) is 12.4 Å². The Hall–Kier alpha value is -2.66. The highest BCUT2D eigenvalue weighted by atomic mass is 35.5. The van der Waals surface area contributed by atoms with Gasteiger partial charge in [-0.3, -0.25) is 9.59 Å². The molecular formula is C21H22ClNO4. The summed E-state index contributed by atoms with van der Waals surface area (Å²) >= 11 is 5.85. The summed E-state index contributed by atoms with van der Waals surface area (Å²) in [6, 6.07) is 12.7. The standard InChI is InChI=1S/C21H22ClNO4/c1-13(2)14(3)23-19(24)12-27-21(26)18-7-5-4-6-17(18)20(25)15-8-10-16(22)11-9-15/h4-11,13-14H,12H2,1-3H3,(H,23,24)/t14-/m1/s1. The Kier molecular flexibility index (Phi) is 7.13. The van der Waals surface area contributed by atoms with E-state index in [1.54, 1.807) is 42.5 Å². The van der Waals surface area contributed by atoms with Gasteiger partial charge in [0, 0.05) is 22.2 Å². The van der Waals surface area contributed by atoms with Gasteiger partial charge >= 0.3 is 5.97 Å². The monoisotopic (exact) mass is 387 g/mol. The van der Waals surface area contributed by atoms with Gasteiger partial charge in [-0.05, 0) is 43.2 Å². The maximum absolute atomic E-state index is 12.7. The number of esters is 1. The van der Waals surface area contributed by atoms with Crippen molar-refractivity contribution in [3.05, 3.63) is 70.2 Å². The lowest BCUT2D eigenvalue weighted by atomic mass is 9.98. The maximum atomic E-state index is 12.7. The first kappa shape index (κ1) is 20.6. The van der Waals surface area contributed by atoms with Crippen molar-refractivity contribution in [3.8, 4) is 0 Å². The topological polar surface area (TPSA) is 72.5 Å². The molecule has 0 aliphatic rings. The zero-order valence-corrected chi connectivity index (χ0v) is 16.2. The Balaban J connectivity index is 2.10. The highest BCUT2D eigenvalue weighted by molar-refractivity contribution is 6.30. The number of ether oxygens (including phenoxy) is 1. The van der Waals surface area contributed by atoms with Crippen LogP contribution in [0.25, 0.3) is 0 Å². The molecule has 6 heteroatoms. The van der Waals surface area contributed by atoms with E-state index in [2.05, 4.69) is 5.32 Å². The average Bonchev–Trinajstić information content (AvgIpc) is 2.66. The zero-order valence-electron chi connectivity index (χ0n) is 15.5. The van der Waals surface area contributed by atoms with Crippen LogP contribution >= 0.6 is 11.6 Å². The van der Waals surface area contributed by atoms with Gasteiger partial charge < -0.3 is 10.1 Å². The number of ketones is 1. The quantitative estimate of drug-likeness (QED) is 0.578. The predicted molar refractivity (Wildman–Crippen MR) is 104 cm³/mol. The molecule has 0 spiro atoms. The van der Waals surface area contributed by atoms with Gasteiger partial charge in [-0.25, -0.2) is 4.79 Å². The van der Waals surface area contributed by atoms with Crippen LogP contribution in [0, 0.1) is 5.92 Å². The summed E-state index contributed by atoms with van der Waals surface area (Å²) in [5.41, 5.74) is 0.728. The number of hydrogen-bond donors (Lipinski definition) is 1. The molecule has 0 aliphatic carbocycles. The van der Waals surface area contributed by atoms with E-state index in [-0.39, 0.29) is 34.8 Å². The fourth-order valence-electron chi connectivity index (χ4n) is 2.29. The number of hydrogen-bond acceptors (Lipinski definition) is 4. The lowest BCUT2D eigenvalue weighted by Gasteiger charge is -2.17. The Bertz CT molecular complexity index is 830. The minimum Gasteiger partial charge on any atom is -0.452 e. The van der Waals surface area contributed by atoms with Crippen molar-refractivity contribution >= 4 is 29.3 Å². The van der Waals surface area contributed by atoms with Gasteiger partial charge in [-0.15, -0.1) is 0 Å². The third kappa shape index (κ3) is 5.66. The van der Waals surface area contributed by atoms with Crippen LogP contribution in [-0.2, 0) is 9.53 Å². The van der Waals surface area contributed by atoms with Gasteiger partial charge in [-0.1, -0.05) is 43.6 Å². The summed E-state index contributed by atoms with van der Waals surface area (Å²) in [4.78, 5) is 37.0. The fraction of sp³-hybridized carbons (Fsp3) is 0.286. The molecule has 0 heterocycles. The third-order valence-electron chi connectivity index (χ3n) is 4.22. The molecule has 27 heavy (non-hydrogen) atoms. The van der Waals surface area contributed by atoms with Crippen LogP contribution in [0.3, 0.4) is 0 Å². The van der Waals surface area contributed by atoms with Gasteiger partial charge in [0.25, 0.3) is 5.91 Å². The minimum atomic E-state index is -0.722. The molecule has 0 radical (unpaired) electrons. The number of amides is 1. The van der Waals surface area contributed by atoms with Crippen LogP contribution in [0.4, 0.5) is 0 Å². The molecule has 1 N–H and O–H groups in total. The van der Waals surface area contributed by atoms with E-state index >= 15 is 0 Å². The summed E-state index contributed by atoms with van der Waals surface area (Å²) in [7, 11) is 0. The van der Waals surface area contributed by atoms with Crippen molar-refractivity contribution in [1.29, 1.82) is 0 Å². The van der Waals surface area contributed by atoms with Crippen LogP contribution < -0.4 is 5.32 Å². The first-order valence-corrected chi connectivity index (χ1v) is 9.03. The van der Waals surface area contributed by atoms with Gasteiger partial charge in [0.1, 0.15) is 0 Å². The Morgan fingerprint density at radius 3 is 2.15 bits per heavy atom. The van der Waals surface area contributed by atoms with Crippen LogP contribution in [-0.4, -0.2) is 30.3 Å². The van der Waals surface area contributed by atoms with Crippen LogP contribution in [0.2, 0.25) is 5.02 Å². The molecule has 0 aliphatic heterocycles. The highest BCUT2D eigenvalue weighted by Crippen LogP contribution is 2.18. The Labute approximate surface area is 163 Å². The van der Waals surface area contributed by atoms with Crippen LogP contribution in [0.5, 0.6) is 0 Å². The SMILES string of the molecule is CC(C)[C@@H](C)NC(=O)COC(=O)c1ccccc1C(=O)c1ccc(Cl)cc1. The summed E-state index contributed by atoms with van der Waals surface area (Å²) in [5, 5.41) is 3.27. The molecule has 0 unspecified atom stereocenters. The van der Waals surface area contributed by atoms with Crippen LogP contribution in [0.1, 0.15) is 47.1 Å². The third-order valence-corrected chi connectivity index (χ3v) is 4.47. The summed E-state index contributed by atoms with van der Waals surface area (Å²) in [5.74, 6) is -1.16. The molecule has 142 valence electrons. The number of rotatable bonds is 7. The van der Waals surface area contributed by atoms with Crippen LogP contribution in [0.15, 0.2) is 48.5 Å². The normalized spacial score (nSPS) is 11.7. The van der Waals surface area contributed by atoms with Crippen molar-refractivity contribution in [2.45, 2.75) is 26.8 Å². The average molecular weight is 388 g/mol. The van der Waals surface area contributed by atoms with E-state index < -0.39 is 12.6 Å². The highest BCUT2D eigenvalue weighted by Gasteiger charge is 2.20. The van der Waals surface area contributed by atoms with E-state index in [4.69, 9.17) is 16.3 Å². The molecule has 0 fully saturated rings. The second-order valence-electron chi connectivity index (χ2n) is 6.56. The van der Waals surface area contributed by atoms with Crippen molar-refractivity contribution in [1.82, 2.24) is 5.32 Å². The Morgan fingerprint density at radius 1 is 0.963 bits per heavy atom. The largest absolute Gasteiger partial charge is 0.452 e. The van der Waals surface area contributed by atoms with E-state index in [0.29, 0.717) is 10.6 Å². The smallest absolute Gasteiger partial charge is 0.339 e. The number of carbonyl (C=O) groups excluding carboxylic acids is 3. The zero-order chi connectivity index (χ0) is 20.0. The molecule has 0 aromatic heterocycles. The van der Waals surface area contributed by atoms with Crippen molar-refractivity contribution < 1.29 is 19.1 Å². The van der Waals surface area contributed by atoms with Gasteiger partial charge in [0.05, 0.1) is 5.56 Å². The molecule has 0 saturated carbocycles. The lowest BCUT2D eigenvalue weighted by Crippen LogP contribution is -2.38. The Morgan fingerprint density at radius 2 is 1.56 bits per heavy atom. The number of nitrogens with one attached hydrogen (secondary N) is 1. The number of benzene rings is 2. The van der Waals surface area contributed by atoms with Crippen molar-refractivity contribution in [3.63, 3.8) is 0 Å². The molecule has 0 saturated heterocycles. The summed E-state index contributed by atoms with van der Waals surface area (Å²) in [6.45, 7) is 5.44. The summed E-state index contributed by atoms with van der Waals surface area (Å²) < 4.78 is 5.09. The molecule has 0 bridgehead atoms. The van der Waals surface area contributed by atoms with E-state index in [1.807, 2.05) is 20.8 Å². The second-order valence-corrected chi connectivity index (χ2v) is 6.99. The van der Waals surface area contributed by atoms with E-state index in [9.17, 15) is 14.4 Å². The molecular weight excluding hydrogens is 366 g/mol. The minimum absolute atomic E-state index is 0.0324. The second kappa shape index (κ2) is 9.33. The molecule has 2 aromatic carbocycles.